The molecule has 3 nitrogen and oxygen atoms in total. The maximum Gasteiger partial charge on any atom is 0.0635 e. The molecule has 0 saturated heterocycles. The molecular formula is C15H26BrN3. The number of rotatable bonds is 3. The Labute approximate surface area is 125 Å². The molecule has 1 aliphatic rings. The van der Waals surface area contributed by atoms with Crippen LogP contribution in [0.25, 0.3) is 0 Å². The molecule has 1 saturated carbocycles. The largest absolute Gasteiger partial charge is 0.317 e. The van der Waals surface area contributed by atoms with Gasteiger partial charge in [0.05, 0.1) is 16.4 Å². The first-order valence-electron chi connectivity index (χ1n) is 7.23. The normalized spacial score (nSPS) is 28.6. The first kappa shape index (κ1) is 15.0. The quantitative estimate of drug-likeness (QED) is 0.921. The Hall–Kier alpha value is -0.350. The molecule has 1 aromatic rings. The molecule has 3 atom stereocenters. The predicted molar refractivity (Wildman–Crippen MR) is 83.3 cm³/mol. The maximum atomic E-state index is 4.39. The van der Waals surface area contributed by atoms with Crippen molar-refractivity contribution in [3.63, 3.8) is 0 Å². The van der Waals surface area contributed by atoms with Crippen LogP contribution in [-0.2, 0) is 12.5 Å². The highest BCUT2D eigenvalue weighted by molar-refractivity contribution is 9.10. The number of aromatic nitrogens is 2. The summed E-state index contributed by atoms with van der Waals surface area (Å²) in [4.78, 5) is 0. The molecule has 3 unspecified atom stereocenters. The van der Waals surface area contributed by atoms with E-state index in [1.165, 1.54) is 25.0 Å². The van der Waals surface area contributed by atoms with E-state index < -0.39 is 0 Å². The summed E-state index contributed by atoms with van der Waals surface area (Å²) < 4.78 is 3.16. The molecule has 0 aliphatic heterocycles. The standard InChI is InChI=1S/C15H26BrN3/c1-10-6-7-11(13(8-10)17-4)15(2,3)14-12(16)9-18-19(14)5/h9-11,13,17H,6-8H2,1-5H3. The van der Waals surface area contributed by atoms with Crippen LogP contribution in [0, 0.1) is 11.8 Å². The minimum Gasteiger partial charge on any atom is -0.317 e. The second-order valence-corrected chi connectivity index (χ2v) is 7.46. The highest BCUT2D eigenvalue weighted by atomic mass is 79.9. The van der Waals surface area contributed by atoms with Crippen molar-refractivity contribution in [3.05, 3.63) is 16.4 Å². The summed E-state index contributed by atoms with van der Waals surface area (Å²) in [6, 6.07) is 0.598. The van der Waals surface area contributed by atoms with Gasteiger partial charge in [-0.1, -0.05) is 27.2 Å². The van der Waals surface area contributed by atoms with Crippen molar-refractivity contribution in [3.8, 4) is 0 Å². The molecule has 2 rings (SSSR count). The van der Waals surface area contributed by atoms with Gasteiger partial charge in [0.1, 0.15) is 0 Å². The Balaban J connectivity index is 2.33. The molecule has 4 heteroatoms. The van der Waals surface area contributed by atoms with Crippen molar-refractivity contribution in [2.45, 2.75) is 51.5 Å². The van der Waals surface area contributed by atoms with Gasteiger partial charge in [-0.2, -0.15) is 5.10 Å². The summed E-state index contributed by atoms with van der Waals surface area (Å²) in [5.74, 6) is 1.49. The van der Waals surface area contributed by atoms with Crippen molar-refractivity contribution in [1.29, 1.82) is 0 Å². The first-order chi connectivity index (χ1) is 8.87. The number of hydrogen-bond acceptors (Lipinski definition) is 2. The summed E-state index contributed by atoms with van der Waals surface area (Å²) in [5.41, 5.74) is 1.44. The Morgan fingerprint density at radius 2 is 2.11 bits per heavy atom. The third kappa shape index (κ3) is 2.75. The lowest BCUT2D eigenvalue weighted by Gasteiger charge is -2.44. The molecule has 19 heavy (non-hydrogen) atoms. The van der Waals surface area contributed by atoms with Gasteiger partial charge in [0.15, 0.2) is 0 Å². The number of nitrogens with one attached hydrogen (secondary N) is 1. The summed E-state index contributed by atoms with van der Waals surface area (Å²) in [5, 5.41) is 7.94. The number of aryl methyl sites for hydroxylation is 1. The second kappa shape index (κ2) is 5.57. The Bertz CT molecular complexity index is 419. The fourth-order valence-electron chi connectivity index (χ4n) is 3.87. The topological polar surface area (TPSA) is 29.9 Å². The van der Waals surface area contributed by atoms with Gasteiger partial charge in [0, 0.05) is 18.5 Å². The molecule has 0 bridgehead atoms. The van der Waals surface area contributed by atoms with Crippen molar-refractivity contribution >= 4 is 15.9 Å². The average Bonchev–Trinajstić information content (AvgIpc) is 2.68. The molecule has 0 radical (unpaired) electrons. The van der Waals surface area contributed by atoms with Gasteiger partial charge in [-0.25, -0.2) is 0 Å². The van der Waals surface area contributed by atoms with E-state index in [1.807, 2.05) is 17.9 Å². The molecule has 1 fully saturated rings. The second-order valence-electron chi connectivity index (χ2n) is 6.61. The van der Waals surface area contributed by atoms with Gasteiger partial charge >= 0.3 is 0 Å². The Morgan fingerprint density at radius 3 is 2.63 bits per heavy atom. The number of nitrogens with zero attached hydrogens (tertiary/aromatic N) is 2. The molecular weight excluding hydrogens is 302 g/mol. The first-order valence-corrected chi connectivity index (χ1v) is 8.02. The smallest absolute Gasteiger partial charge is 0.0635 e. The predicted octanol–water partition coefficient (Wildman–Crippen LogP) is 3.48. The van der Waals surface area contributed by atoms with Crippen LogP contribution in [0.1, 0.15) is 45.7 Å². The molecule has 0 aromatic carbocycles. The molecule has 1 heterocycles. The fourth-order valence-corrected chi connectivity index (χ4v) is 4.73. The van der Waals surface area contributed by atoms with Crippen LogP contribution < -0.4 is 5.32 Å². The fraction of sp³-hybridized carbons (Fsp3) is 0.800. The van der Waals surface area contributed by atoms with E-state index in [9.17, 15) is 0 Å². The molecule has 1 aliphatic carbocycles. The van der Waals surface area contributed by atoms with Crippen LogP contribution in [0.3, 0.4) is 0 Å². The summed E-state index contributed by atoms with van der Waals surface area (Å²) in [6.07, 6.45) is 5.82. The van der Waals surface area contributed by atoms with Gasteiger partial charge in [0.25, 0.3) is 0 Å². The zero-order valence-corrected chi connectivity index (χ0v) is 14.3. The highest BCUT2D eigenvalue weighted by Crippen LogP contribution is 2.44. The van der Waals surface area contributed by atoms with Gasteiger partial charge in [-0.05, 0) is 47.7 Å². The minimum atomic E-state index is 0.123. The molecule has 1 N–H and O–H groups in total. The summed E-state index contributed by atoms with van der Waals surface area (Å²) >= 11 is 3.67. The minimum absolute atomic E-state index is 0.123. The SMILES string of the molecule is CNC1CC(C)CCC1C(C)(C)c1c(Br)cnn1C. The zero-order chi connectivity index (χ0) is 14.2. The van der Waals surface area contributed by atoms with Crippen molar-refractivity contribution in [2.75, 3.05) is 7.05 Å². The summed E-state index contributed by atoms with van der Waals surface area (Å²) in [6.45, 7) is 7.09. The third-order valence-electron chi connectivity index (χ3n) is 4.91. The third-order valence-corrected chi connectivity index (χ3v) is 5.50. The van der Waals surface area contributed by atoms with E-state index >= 15 is 0 Å². The van der Waals surface area contributed by atoms with Crippen molar-refractivity contribution < 1.29 is 0 Å². The van der Waals surface area contributed by atoms with Crippen molar-refractivity contribution in [1.82, 2.24) is 15.1 Å². The van der Waals surface area contributed by atoms with Crippen LogP contribution in [0.2, 0.25) is 0 Å². The van der Waals surface area contributed by atoms with Gasteiger partial charge < -0.3 is 5.32 Å². The Morgan fingerprint density at radius 1 is 1.42 bits per heavy atom. The van der Waals surface area contributed by atoms with Gasteiger partial charge in [-0.15, -0.1) is 0 Å². The van der Waals surface area contributed by atoms with E-state index in [0.717, 1.165) is 10.4 Å². The monoisotopic (exact) mass is 327 g/mol. The van der Waals surface area contributed by atoms with E-state index in [4.69, 9.17) is 0 Å². The lowest BCUT2D eigenvalue weighted by Crippen LogP contribution is -2.48. The Kier molecular flexibility index (Phi) is 4.41. The average molecular weight is 328 g/mol. The van der Waals surface area contributed by atoms with Crippen LogP contribution >= 0.6 is 15.9 Å². The van der Waals surface area contributed by atoms with E-state index in [1.54, 1.807) is 0 Å². The maximum absolute atomic E-state index is 4.39. The summed E-state index contributed by atoms with van der Waals surface area (Å²) in [7, 11) is 4.14. The molecule has 0 spiro atoms. The van der Waals surface area contributed by atoms with Crippen LogP contribution in [0.4, 0.5) is 0 Å². The van der Waals surface area contributed by atoms with E-state index in [2.05, 4.69) is 54.2 Å². The highest BCUT2D eigenvalue weighted by Gasteiger charge is 2.41. The number of hydrogen-bond donors (Lipinski definition) is 1. The van der Waals surface area contributed by atoms with E-state index in [0.29, 0.717) is 12.0 Å². The van der Waals surface area contributed by atoms with Crippen LogP contribution in [0.15, 0.2) is 10.7 Å². The van der Waals surface area contributed by atoms with Crippen molar-refractivity contribution in [2.24, 2.45) is 18.9 Å². The van der Waals surface area contributed by atoms with Crippen LogP contribution in [-0.4, -0.2) is 22.9 Å². The molecule has 1 aromatic heterocycles. The molecule has 108 valence electrons. The van der Waals surface area contributed by atoms with Gasteiger partial charge in [-0.3, -0.25) is 4.68 Å². The lowest BCUT2D eigenvalue weighted by atomic mass is 9.65. The van der Waals surface area contributed by atoms with Crippen LogP contribution in [0.5, 0.6) is 0 Å². The van der Waals surface area contributed by atoms with Gasteiger partial charge in [0.2, 0.25) is 0 Å². The lowest BCUT2D eigenvalue weighted by molar-refractivity contribution is 0.145. The van der Waals surface area contributed by atoms with E-state index in [-0.39, 0.29) is 5.41 Å². The number of halogens is 1. The zero-order valence-electron chi connectivity index (χ0n) is 12.7. The molecule has 0 amide bonds.